The van der Waals surface area contributed by atoms with Crippen molar-refractivity contribution in [1.29, 1.82) is 0 Å². The summed E-state index contributed by atoms with van der Waals surface area (Å²) in [6.07, 6.45) is 2.65. The summed E-state index contributed by atoms with van der Waals surface area (Å²) in [5.74, 6) is 1.40. The monoisotopic (exact) mass is 487 g/mol. The van der Waals surface area contributed by atoms with Crippen LogP contribution in [0.2, 0.25) is 0 Å². The number of hydrogen-bond acceptors (Lipinski definition) is 3. The molecule has 0 radical (unpaired) electrons. The zero-order chi connectivity index (χ0) is 18.4. The minimum atomic E-state index is 0. The van der Waals surface area contributed by atoms with E-state index in [1.165, 1.54) is 11.1 Å². The highest BCUT2D eigenvalue weighted by molar-refractivity contribution is 14.0. The molecule has 1 aromatic rings. The lowest BCUT2D eigenvalue weighted by Crippen LogP contribution is -2.53. The van der Waals surface area contributed by atoms with Crippen LogP contribution < -0.4 is 5.32 Å². The van der Waals surface area contributed by atoms with Crippen LogP contribution in [0.4, 0.5) is 0 Å². The highest BCUT2D eigenvalue weighted by atomic mass is 127. The molecule has 3 rings (SSSR count). The maximum atomic E-state index is 5.98. The van der Waals surface area contributed by atoms with E-state index in [2.05, 4.69) is 55.3 Å². The van der Waals surface area contributed by atoms with Crippen LogP contribution in [-0.4, -0.2) is 62.5 Å². The fraction of sp³-hybridized carbons (Fsp3) is 0.667. The zero-order valence-electron chi connectivity index (χ0n) is 16.8. The van der Waals surface area contributed by atoms with Gasteiger partial charge in [0.2, 0.25) is 0 Å². The van der Waals surface area contributed by atoms with E-state index in [4.69, 9.17) is 14.5 Å². The van der Waals surface area contributed by atoms with Crippen molar-refractivity contribution in [3.63, 3.8) is 0 Å². The standard InChI is InChI=1S/C21H33N3O2.HI/c1-4-22-21(23-14-17(3)18-8-5-7-16(2)13-18)24-10-12-26-20(15-24)19-9-6-11-25-19;/h5,7-8,13,17,19-20H,4,6,9-12,14-15H2,1-3H3,(H,22,23);1H. The molecule has 27 heavy (non-hydrogen) atoms. The van der Waals surface area contributed by atoms with Gasteiger partial charge >= 0.3 is 0 Å². The molecule has 2 heterocycles. The Morgan fingerprint density at radius 1 is 1.30 bits per heavy atom. The van der Waals surface area contributed by atoms with Gasteiger partial charge in [-0.25, -0.2) is 0 Å². The van der Waals surface area contributed by atoms with Crippen LogP contribution in [0.3, 0.4) is 0 Å². The molecule has 2 saturated heterocycles. The van der Waals surface area contributed by atoms with Crippen LogP contribution in [0.5, 0.6) is 0 Å². The molecule has 1 N–H and O–H groups in total. The van der Waals surface area contributed by atoms with Crippen molar-refractivity contribution < 1.29 is 9.47 Å². The van der Waals surface area contributed by atoms with Gasteiger partial charge in [-0.15, -0.1) is 24.0 Å². The van der Waals surface area contributed by atoms with Crippen LogP contribution in [0.25, 0.3) is 0 Å². The minimum absolute atomic E-state index is 0. The van der Waals surface area contributed by atoms with Crippen molar-refractivity contribution >= 4 is 29.9 Å². The Hall–Kier alpha value is -0.860. The summed E-state index contributed by atoms with van der Waals surface area (Å²) in [5.41, 5.74) is 2.65. The maximum Gasteiger partial charge on any atom is 0.194 e. The van der Waals surface area contributed by atoms with Gasteiger partial charge < -0.3 is 19.7 Å². The number of morpholine rings is 1. The quantitative estimate of drug-likeness (QED) is 0.392. The number of halogens is 1. The van der Waals surface area contributed by atoms with Gasteiger partial charge in [0.1, 0.15) is 6.10 Å². The number of guanidine groups is 1. The van der Waals surface area contributed by atoms with Crippen molar-refractivity contribution in [3.8, 4) is 0 Å². The lowest BCUT2D eigenvalue weighted by atomic mass is 10.00. The van der Waals surface area contributed by atoms with Crippen LogP contribution in [-0.2, 0) is 9.47 Å². The zero-order valence-corrected chi connectivity index (χ0v) is 19.1. The third-order valence-electron chi connectivity index (χ3n) is 5.23. The average molecular weight is 487 g/mol. The number of rotatable bonds is 5. The van der Waals surface area contributed by atoms with Crippen molar-refractivity contribution in [1.82, 2.24) is 10.2 Å². The van der Waals surface area contributed by atoms with E-state index in [-0.39, 0.29) is 36.2 Å². The van der Waals surface area contributed by atoms with E-state index in [1.54, 1.807) is 0 Å². The molecule has 6 heteroatoms. The molecule has 3 atom stereocenters. The first-order valence-corrected chi connectivity index (χ1v) is 10.0. The van der Waals surface area contributed by atoms with Crippen molar-refractivity contribution in [2.45, 2.75) is 51.7 Å². The minimum Gasteiger partial charge on any atom is -0.375 e. The van der Waals surface area contributed by atoms with Crippen molar-refractivity contribution in [2.75, 3.05) is 39.4 Å². The lowest BCUT2D eigenvalue weighted by Gasteiger charge is -2.37. The SMILES string of the molecule is CCNC(=NCC(C)c1cccc(C)c1)N1CCOC(C2CCCO2)C1.I. The Bertz CT molecular complexity index is 605. The van der Waals surface area contributed by atoms with Gasteiger partial charge in [0.05, 0.1) is 12.7 Å². The van der Waals surface area contributed by atoms with Gasteiger partial charge in [-0.3, -0.25) is 4.99 Å². The molecule has 0 amide bonds. The van der Waals surface area contributed by atoms with Crippen molar-refractivity contribution in [2.24, 2.45) is 4.99 Å². The highest BCUT2D eigenvalue weighted by Gasteiger charge is 2.32. The summed E-state index contributed by atoms with van der Waals surface area (Å²) in [6, 6.07) is 8.73. The van der Waals surface area contributed by atoms with Gasteiger partial charge in [-0.1, -0.05) is 36.8 Å². The van der Waals surface area contributed by atoms with Gasteiger partial charge in [0.25, 0.3) is 0 Å². The topological polar surface area (TPSA) is 46.1 Å². The smallest absolute Gasteiger partial charge is 0.194 e. The number of benzene rings is 1. The Labute approximate surface area is 180 Å². The second-order valence-corrected chi connectivity index (χ2v) is 7.42. The Balaban J connectivity index is 0.00000261. The van der Waals surface area contributed by atoms with E-state index >= 15 is 0 Å². The molecule has 2 aliphatic heterocycles. The van der Waals surface area contributed by atoms with E-state index < -0.39 is 0 Å². The first-order chi connectivity index (χ1) is 12.7. The van der Waals surface area contributed by atoms with Crippen LogP contribution in [0.1, 0.15) is 43.7 Å². The number of aryl methyl sites for hydroxylation is 1. The average Bonchev–Trinajstić information content (AvgIpc) is 3.20. The van der Waals surface area contributed by atoms with Gasteiger partial charge in [0.15, 0.2) is 5.96 Å². The summed E-state index contributed by atoms with van der Waals surface area (Å²) in [5, 5.41) is 3.46. The van der Waals surface area contributed by atoms with Gasteiger partial charge in [-0.05, 0) is 32.3 Å². The number of ether oxygens (including phenoxy) is 2. The lowest BCUT2D eigenvalue weighted by molar-refractivity contribution is -0.0817. The molecule has 0 spiro atoms. The molecule has 2 fully saturated rings. The molecule has 2 aliphatic rings. The van der Waals surface area contributed by atoms with Crippen LogP contribution >= 0.6 is 24.0 Å². The van der Waals surface area contributed by atoms with Gasteiger partial charge in [-0.2, -0.15) is 0 Å². The second kappa shape index (κ2) is 11.2. The predicted octanol–water partition coefficient (Wildman–Crippen LogP) is 3.56. The van der Waals surface area contributed by atoms with E-state index in [9.17, 15) is 0 Å². The third-order valence-corrected chi connectivity index (χ3v) is 5.23. The van der Waals surface area contributed by atoms with E-state index in [0.717, 1.165) is 58.2 Å². The van der Waals surface area contributed by atoms with Crippen LogP contribution in [0, 0.1) is 6.92 Å². The predicted molar refractivity (Wildman–Crippen MR) is 121 cm³/mol. The summed E-state index contributed by atoms with van der Waals surface area (Å²) in [6.45, 7) is 11.5. The number of aliphatic imine (C=N–C) groups is 1. The molecule has 152 valence electrons. The molecule has 0 aliphatic carbocycles. The first kappa shape index (κ1) is 22.4. The summed E-state index contributed by atoms with van der Waals surface area (Å²) >= 11 is 0. The largest absolute Gasteiger partial charge is 0.375 e. The number of hydrogen-bond donors (Lipinski definition) is 1. The Morgan fingerprint density at radius 2 is 2.11 bits per heavy atom. The Kier molecular flexibility index (Phi) is 9.32. The number of nitrogens with one attached hydrogen (secondary N) is 1. The molecular weight excluding hydrogens is 453 g/mol. The normalized spacial score (nSPS) is 24.4. The van der Waals surface area contributed by atoms with E-state index in [0.29, 0.717) is 5.92 Å². The molecule has 0 aromatic heterocycles. The Morgan fingerprint density at radius 3 is 2.81 bits per heavy atom. The fourth-order valence-electron chi connectivity index (χ4n) is 3.72. The molecule has 0 bridgehead atoms. The van der Waals surface area contributed by atoms with E-state index in [1.807, 2.05) is 0 Å². The van der Waals surface area contributed by atoms with Crippen LogP contribution in [0.15, 0.2) is 29.3 Å². The van der Waals surface area contributed by atoms with Gasteiger partial charge in [0, 0.05) is 38.7 Å². The third kappa shape index (κ3) is 6.32. The first-order valence-electron chi connectivity index (χ1n) is 10.0. The molecule has 3 unspecified atom stereocenters. The molecular formula is C21H34IN3O2. The second-order valence-electron chi connectivity index (χ2n) is 7.42. The van der Waals surface area contributed by atoms with Crippen molar-refractivity contribution in [3.05, 3.63) is 35.4 Å². The summed E-state index contributed by atoms with van der Waals surface area (Å²) in [4.78, 5) is 7.27. The summed E-state index contributed by atoms with van der Waals surface area (Å²) < 4.78 is 11.8. The number of nitrogens with zero attached hydrogens (tertiary/aromatic N) is 2. The molecule has 1 aromatic carbocycles. The maximum absolute atomic E-state index is 5.98. The molecule has 0 saturated carbocycles. The molecule has 5 nitrogen and oxygen atoms in total. The highest BCUT2D eigenvalue weighted by Crippen LogP contribution is 2.21. The fourth-order valence-corrected chi connectivity index (χ4v) is 3.72. The summed E-state index contributed by atoms with van der Waals surface area (Å²) in [7, 11) is 0.